The van der Waals surface area contributed by atoms with Crippen LogP contribution in [0, 0.1) is 0 Å². The topological polar surface area (TPSA) is 55.1 Å². The molecule has 0 saturated heterocycles. The molecule has 0 fully saturated rings. The summed E-state index contributed by atoms with van der Waals surface area (Å²) in [5.41, 5.74) is 1.35. The standard InChI is InChI=1S/C14H8BrClN2O2S/c15-8-1-3-9(4-2-8)18-7-10(14(19)20)13(17-18)11-5-6-12(16)21-11/h1-7H,(H,19,20). The molecule has 0 aliphatic rings. The molecular weight excluding hydrogens is 376 g/mol. The Balaban J connectivity index is 2.12. The predicted molar refractivity (Wildman–Crippen MR) is 86.5 cm³/mol. The summed E-state index contributed by atoms with van der Waals surface area (Å²) >= 11 is 10.6. The van der Waals surface area contributed by atoms with Crippen LogP contribution in [0.5, 0.6) is 0 Å². The first-order valence-corrected chi connectivity index (χ1v) is 7.88. The van der Waals surface area contributed by atoms with Crippen LogP contribution in [-0.4, -0.2) is 20.9 Å². The second kappa shape index (κ2) is 5.63. The SMILES string of the molecule is O=C(O)c1cn(-c2ccc(Br)cc2)nc1-c1ccc(Cl)s1. The normalized spacial score (nSPS) is 10.8. The summed E-state index contributed by atoms with van der Waals surface area (Å²) in [7, 11) is 0. The number of carboxylic acid groups (broad SMARTS) is 1. The van der Waals surface area contributed by atoms with Gasteiger partial charge in [-0.25, -0.2) is 9.48 Å². The van der Waals surface area contributed by atoms with Gasteiger partial charge in [0.15, 0.2) is 0 Å². The minimum Gasteiger partial charge on any atom is -0.478 e. The molecule has 4 nitrogen and oxygen atoms in total. The molecule has 0 saturated carbocycles. The molecule has 3 rings (SSSR count). The Morgan fingerprint density at radius 3 is 2.52 bits per heavy atom. The van der Waals surface area contributed by atoms with Gasteiger partial charge in [0.1, 0.15) is 11.3 Å². The van der Waals surface area contributed by atoms with E-state index in [1.165, 1.54) is 17.5 Å². The maximum atomic E-state index is 11.4. The lowest BCUT2D eigenvalue weighted by Gasteiger charge is -2.00. The minimum atomic E-state index is -1.02. The summed E-state index contributed by atoms with van der Waals surface area (Å²) in [5.74, 6) is -1.02. The number of halogens is 2. The molecule has 0 aliphatic heterocycles. The second-order valence-corrected chi connectivity index (χ2v) is 6.85. The molecular formula is C14H8BrClN2O2S. The maximum absolute atomic E-state index is 11.4. The van der Waals surface area contributed by atoms with Crippen molar-refractivity contribution in [3.05, 3.63) is 57.0 Å². The Bertz CT molecular complexity index is 811. The number of aromatic nitrogens is 2. The van der Waals surface area contributed by atoms with Crippen LogP contribution in [0.2, 0.25) is 4.34 Å². The van der Waals surface area contributed by atoms with Gasteiger partial charge in [0.2, 0.25) is 0 Å². The predicted octanol–water partition coefficient (Wildman–Crippen LogP) is 4.71. The fourth-order valence-corrected chi connectivity index (χ4v) is 3.19. The van der Waals surface area contributed by atoms with E-state index in [9.17, 15) is 9.90 Å². The number of carbonyl (C=O) groups is 1. The molecule has 0 radical (unpaired) electrons. The Morgan fingerprint density at radius 1 is 1.24 bits per heavy atom. The smallest absolute Gasteiger partial charge is 0.339 e. The van der Waals surface area contributed by atoms with E-state index in [4.69, 9.17) is 11.6 Å². The Hall–Kier alpha value is -1.63. The monoisotopic (exact) mass is 382 g/mol. The van der Waals surface area contributed by atoms with Crippen molar-refractivity contribution in [2.45, 2.75) is 0 Å². The van der Waals surface area contributed by atoms with Gasteiger partial charge in [-0.05, 0) is 36.4 Å². The third kappa shape index (κ3) is 2.88. The van der Waals surface area contributed by atoms with Crippen LogP contribution < -0.4 is 0 Å². The molecule has 2 heterocycles. The van der Waals surface area contributed by atoms with Gasteiger partial charge in [-0.3, -0.25) is 0 Å². The van der Waals surface area contributed by atoms with E-state index in [1.807, 2.05) is 24.3 Å². The Labute approximate surface area is 137 Å². The van der Waals surface area contributed by atoms with Crippen molar-refractivity contribution in [3.8, 4) is 16.3 Å². The van der Waals surface area contributed by atoms with Gasteiger partial charge in [0.05, 0.1) is 14.9 Å². The number of carboxylic acids is 1. The van der Waals surface area contributed by atoms with Gasteiger partial charge in [-0.15, -0.1) is 11.3 Å². The molecule has 0 unspecified atom stereocenters. The fourth-order valence-electron chi connectivity index (χ4n) is 1.88. The fraction of sp³-hybridized carbons (Fsp3) is 0. The van der Waals surface area contributed by atoms with Crippen molar-refractivity contribution in [1.29, 1.82) is 0 Å². The number of rotatable bonds is 3. The molecule has 1 N–H and O–H groups in total. The number of hydrogen-bond donors (Lipinski definition) is 1. The molecule has 0 spiro atoms. The van der Waals surface area contributed by atoms with Gasteiger partial charge in [0.25, 0.3) is 0 Å². The van der Waals surface area contributed by atoms with Crippen LogP contribution in [-0.2, 0) is 0 Å². The van der Waals surface area contributed by atoms with Crippen LogP contribution in [0.4, 0.5) is 0 Å². The van der Waals surface area contributed by atoms with Gasteiger partial charge in [-0.1, -0.05) is 27.5 Å². The summed E-state index contributed by atoms with van der Waals surface area (Å²) in [5, 5.41) is 13.7. The first-order chi connectivity index (χ1) is 10.0. The zero-order chi connectivity index (χ0) is 15.0. The number of nitrogens with zero attached hydrogens (tertiary/aromatic N) is 2. The quantitative estimate of drug-likeness (QED) is 0.712. The third-order valence-corrected chi connectivity index (χ3v) is 4.61. The first kappa shape index (κ1) is 14.3. The Morgan fingerprint density at radius 2 is 1.95 bits per heavy atom. The van der Waals surface area contributed by atoms with Crippen molar-refractivity contribution in [2.24, 2.45) is 0 Å². The molecule has 0 bridgehead atoms. The molecule has 1 aromatic carbocycles. The second-order valence-electron chi connectivity index (χ2n) is 4.22. The van der Waals surface area contributed by atoms with E-state index in [-0.39, 0.29) is 5.56 Å². The molecule has 106 valence electrons. The average Bonchev–Trinajstić information content (AvgIpc) is 3.05. The summed E-state index contributed by atoms with van der Waals surface area (Å²) < 4.78 is 3.10. The van der Waals surface area contributed by atoms with Crippen LogP contribution in [0.25, 0.3) is 16.3 Å². The number of benzene rings is 1. The van der Waals surface area contributed by atoms with Crippen LogP contribution in [0.15, 0.2) is 47.1 Å². The average molecular weight is 384 g/mol. The van der Waals surface area contributed by atoms with E-state index in [2.05, 4.69) is 21.0 Å². The van der Waals surface area contributed by atoms with Crippen molar-refractivity contribution in [1.82, 2.24) is 9.78 Å². The summed E-state index contributed by atoms with van der Waals surface area (Å²) in [6.45, 7) is 0. The lowest BCUT2D eigenvalue weighted by atomic mass is 10.2. The molecule has 0 aliphatic carbocycles. The van der Waals surface area contributed by atoms with Crippen LogP contribution in [0.3, 0.4) is 0 Å². The Kier molecular flexibility index (Phi) is 3.84. The van der Waals surface area contributed by atoms with Crippen molar-refractivity contribution < 1.29 is 9.90 Å². The lowest BCUT2D eigenvalue weighted by Crippen LogP contribution is -1.96. The summed E-state index contributed by atoms with van der Waals surface area (Å²) in [6.07, 6.45) is 1.51. The van der Waals surface area contributed by atoms with E-state index in [0.29, 0.717) is 10.0 Å². The summed E-state index contributed by atoms with van der Waals surface area (Å²) in [4.78, 5) is 12.1. The van der Waals surface area contributed by atoms with Crippen molar-refractivity contribution >= 4 is 44.8 Å². The minimum absolute atomic E-state index is 0.149. The zero-order valence-corrected chi connectivity index (χ0v) is 13.6. The molecule has 3 aromatic rings. The molecule has 0 atom stereocenters. The van der Waals surface area contributed by atoms with E-state index < -0.39 is 5.97 Å². The van der Waals surface area contributed by atoms with Gasteiger partial charge < -0.3 is 5.11 Å². The molecule has 7 heteroatoms. The highest BCUT2D eigenvalue weighted by atomic mass is 79.9. The zero-order valence-electron chi connectivity index (χ0n) is 10.5. The van der Waals surface area contributed by atoms with Crippen molar-refractivity contribution in [2.75, 3.05) is 0 Å². The number of aromatic carboxylic acids is 1. The first-order valence-electron chi connectivity index (χ1n) is 5.89. The van der Waals surface area contributed by atoms with Gasteiger partial charge in [0, 0.05) is 10.7 Å². The van der Waals surface area contributed by atoms with Gasteiger partial charge in [-0.2, -0.15) is 5.10 Å². The van der Waals surface area contributed by atoms with E-state index >= 15 is 0 Å². The maximum Gasteiger partial charge on any atom is 0.339 e. The van der Waals surface area contributed by atoms with Crippen LogP contribution >= 0.6 is 38.9 Å². The highest BCUT2D eigenvalue weighted by Gasteiger charge is 2.19. The molecule has 0 amide bonds. The van der Waals surface area contributed by atoms with Crippen molar-refractivity contribution in [3.63, 3.8) is 0 Å². The van der Waals surface area contributed by atoms with E-state index in [1.54, 1.807) is 16.8 Å². The molecule has 2 aromatic heterocycles. The lowest BCUT2D eigenvalue weighted by molar-refractivity contribution is 0.0697. The largest absolute Gasteiger partial charge is 0.478 e. The third-order valence-electron chi connectivity index (χ3n) is 2.84. The highest BCUT2D eigenvalue weighted by molar-refractivity contribution is 9.10. The molecule has 21 heavy (non-hydrogen) atoms. The van der Waals surface area contributed by atoms with E-state index in [0.717, 1.165) is 15.0 Å². The summed E-state index contributed by atoms with van der Waals surface area (Å²) in [6, 6.07) is 11.0. The van der Waals surface area contributed by atoms with Gasteiger partial charge >= 0.3 is 5.97 Å². The van der Waals surface area contributed by atoms with Crippen LogP contribution in [0.1, 0.15) is 10.4 Å². The number of hydrogen-bond acceptors (Lipinski definition) is 3. The number of thiophene rings is 1. The highest BCUT2D eigenvalue weighted by Crippen LogP contribution is 2.32.